The van der Waals surface area contributed by atoms with Crippen LogP contribution < -0.4 is 0 Å². The van der Waals surface area contributed by atoms with Crippen LogP contribution in [0.2, 0.25) is 0 Å². The predicted molar refractivity (Wildman–Crippen MR) is 135 cm³/mol. The maximum atomic E-state index is 2.32. The maximum Gasteiger partial charge on any atom is 0.0264 e. The summed E-state index contributed by atoms with van der Waals surface area (Å²) in [6.07, 6.45) is 0. The van der Waals surface area contributed by atoms with E-state index in [1.807, 2.05) is 21.6 Å². The van der Waals surface area contributed by atoms with Crippen molar-refractivity contribution < 1.29 is 0 Å². The average Bonchev–Trinajstić information content (AvgIpc) is 2.80. The van der Waals surface area contributed by atoms with Gasteiger partial charge in [0.05, 0.1) is 0 Å². The first-order valence-electron chi connectivity index (χ1n) is 10.0. The Kier molecular flexibility index (Phi) is 4.40. The van der Waals surface area contributed by atoms with Gasteiger partial charge < -0.3 is 0 Å². The first-order chi connectivity index (χ1) is 14.8. The zero-order valence-corrected chi connectivity index (χ0v) is 17.8. The molecule has 6 rings (SSSR count). The molecule has 2 heteroatoms. The molecular formula is C28H18S2. The summed E-state index contributed by atoms with van der Waals surface area (Å²) in [7, 11) is 3.70. The number of hydrogen-bond donors (Lipinski definition) is 0. The van der Waals surface area contributed by atoms with Crippen LogP contribution in [0.15, 0.2) is 119 Å². The van der Waals surface area contributed by atoms with Crippen LogP contribution in [0.4, 0.5) is 0 Å². The second kappa shape index (κ2) is 7.39. The number of fused-ring (bicyclic) bond motifs is 4. The van der Waals surface area contributed by atoms with Crippen LogP contribution in [0.5, 0.6) is 0 Å². The maximum absolute atomic E-state index is 2.32. The van der Waals surface area contributed by atoms with Crippen molar-refractivity contribution >= 4 is 64.7 Å². The van der Waals surface area contributed by atoms with Gasteiger partial charge in [-0.25, -0.2) is 0 Å². The molecule has 6 aromatic carbocycles. The third-order valence-corrected chi connectivity index (χ3v) is 8.12. The van der Waals surface area contributed by atoms with Crippen LogP contribution in [0.3, 0.4) is 0 Å². The lowest BCUT2D eigenvalue weighted by Crippen LogP contribution is -1.80. The van der Waals surface area contributed by atoms with Crippen LogP contribution in [0.1, 0.15) is 0 Å². The lowest BCUT2D eigenvalue weighted by Gasteiger charge is -2.10. The van der Waals surface area contributed by atoms with Gasteiger partial charge in [-0.05, 0) is 79.5 Å². The van der Waals surface area contributed by atoms with Crippen LogP contribution in [-0.4, -0.2) is 0 Å². The Hall–Kier alpha value is -2.94. The summed E-state index contributed by atoms with van der Waals surface area (Å²) >= 11 is 0. The Bertz CT molecular complexity index is 1430. The molecular weight excluding hydrogens is 400 g/mol. The largest absolute Gasteiger partial charge is 0.0616 e. The van der Waals surface area contributed by atoms with Crippen LogP contribution >= 0.6 is 21.6 Å². The lowest BCUT2D eigenvalue weighted by molar-refractivity contribution is 1.56. The summed E-state index contributed by atoms with van der Waals surface area (Å²) < 4.78 is 0. The van der Waals surface area contributed by atoms with Gasteiger partial charge in [0.25, 0.3) is 0 Å². The molecule has 0 fully saturated rings. The molecule has 0 spiro atoms. The van der Waals surface area contributed by atoms with Gasteiger partial charge in [-0.1, -0.05) is 94.4 Å². The van der Waals surface area contributed by atoms with Crippen molar-refractivity contribution in [1.82, 2.24) is 0 Å². The van der Waals surface area contributed by atoms with Crippen LogP contribution in [0, 0.1) is 0 Å². The summed E-state index contributed by atoms with van der Waals surface area (Å²) in [5, 5.41) is 10.4. The number of benzene rings is 6. The van der Waals surface area contributed by atoms with Crippen molar-refractivity contribution in [2.24, 2.45) is 0 Å². The smallest absolute Gasteiger partial charge is 0.0264 e. The molecule has 0 amide bonds. The Morgan fingerprint density at radius 1 is 0.333 bits per heavy atom. The van der Waals surface area contributed by atoms with E-state index >= 15 is 0 Å². The fourth-order valence-corrected chi connectivity index (χ4v) is 6.50. The van der Waals surface area contributed by atoms with Gasteiger partial charge in [0.15, 0.2) is 0 Å². The molecule has 30 heavy (non-hydrogen) atoms. The van der Waals surface area contributed by atoms with Crippen molar-refractivity contribution in [3.05, 3.63) is 109 Å². The van der Waals surface area contributed by atoms with E-state index in [4.69, 9.17) is 0 Å². The van der Waals surface area contributed by atoms with Gasteiger partial charge in [-0.2, -0.15) is 0 Å². The van der Waals surface area contributed by atoms with Gasteiger partial charge in [0.2, 0.25) is 0 Å². The molecule has 0 aliphatic rings. The molecule has 0 saturated carbocycles. The summed E-state index contributed by atoms with van der Waals surface area (Å²) in [4.78, 5) is 2.61. The molecule has 0 atom stereocenters. The quantitative estimate of drug-likeness (QED) is 0.208. The first kappa shape index (κ1) is 17.9. The van der Waals surface area contributed by atoms with Crippen molar-refractivity contribution in [2.75, 3.05) is 0 Å². The van der Waals surface area contributed by atoms with Crippen molar-refractivity contribution in [2.45, 2.75) is 9.79 Å². The molecule has 0 unspecified atom stereocenters. The summed E-state index contributed by atoms with van der Waals surface area (Å²) in [6.45, 7) is 0. The minimum atomic E-state index is 1.29. The fourth-order valence-electron chi connectivity index (χ4n) is 4.11. The van der Waals surface area contributed by atoms with Crippen LogP contribution in [-0.2, 0) is 0 Å². The van der Waals surface area contributed by atoms with E-state index < -0.39 is 0 Å². The monoisotopic (exact) mass is 418 g/mol. The molecule has 0 heterocycles. The highest BCUT2D eigenvalue weighted by Crippen LogP contribution is 2.44. The zero-order chi connectivity index (χ0) is 19.9. The Labute approximate surface area is 183 Å². The standard InChI is InChI=1S/C28H18S2/c1-3-9-21-17-25-23(15-19(21)7-1)11-5-13-27(25)29-30-28-14-6-12-24-16-20-8-2-4-10-22(20)18-26(24)28/h1-18H. The number of hydrogen-bond acceptors (Lipinski definition) is 2. The van der Waals surface area contributed by atoms with Crippen molar-refractivity contribution in [1.29, 1.82) is 0 Å². The van der Waals surface area contributed by atoms with Crippen LogP contribution in [0.25, 0.3) is 43.1 Å². The van der Waals surface area contributed by atoms with E-state index in [0.29, 0.717) is 0 Å². The predicted octanol–water partition coefficient (Wildman–Crippen LogP) is 9.10. The fraction of sp³-hybridized carbons (Fsp3) is 0. The molecule has 0 saturated heterocycles. The summed E-state index contributed by atoms with van der Waals surface area (Å²) in [6, 6.07) is 39.6. The average molecular weight is 419 g/mol. The highest BCUT2D eigenvalue weighted by molar-refractivity contribution is 8.76. The normalized spacial score (nSPS) is 11.6. The molecule has 0 aromatic heterocycles. The molecule has 6 aromatic rings. The minimum absolute atomic E-state index is 1.29. The first-order valence-corrected chi connectivity index (χ1v) is 12.2. The SMILES string of the molecule is c1ccc2cc3c(SSc4cccc5cc6ccccc6cc45)cccc3cc2c1. The highest BCUT2D eigenvalue weighted by atomic mass is 33.1. The minimum Gasteiger partial charge on any atom is -0.0616 e. The molecule has 0 aliphatic heterocycles. The zero-order valence-electron chi connectivity index (χ0n) is 16.2. The van der Waals surface area contributed by atoms with E-state index in [0.717, 1.165) is 0 Å². The molecule has 0 bridgehead atoms. The van der Waals surface area contributed by atoms with Crippen molar-refractivity contribution in [3.8, 4) is 0 Å². The number of rotatable bonds is 3. The molecule has 0 aliphatic carbocycles. The van der Waals surface area contributed by atoms with E-state index in [-0.39, 0.29) is 0 Å². The van der Waals surface area contributed by atoms with E-state index in [2.05, 4.69) is 109 Å². The second-order valence-electron chi connectivity index (χ2n) is 7.52. The van der Waals surface area contributed by atoms with E-state index in [1.165, 1.54) is 52.9 Å². The topological polar surface area (TPSA) is 0 Å². The van der Waals surface area contributed by atoms with Gasteiger partial charge in [0.1, 0.15) is 0 Å². The second-order valence-corrected chi connectivity index (χ2v) is 9.73. The Balaban J connectivity index is 1.42. The van der Waals surface area contributed by atoms with Gasteiger partial charge in [0, 0.05) is 9.79 Å². The van der Waals surface area contributed by atoms with E-state index in [9.17, 15) is 0 Å². The Morgan fingerprint density at radius 3 is 1.13 bits per heavy atom. The highest BCUT2D eigenvalue weighted by Gasteiger charge is 2.08. The third kappa shape index (κ3) is 3.13. The van der Waals surface area contributed by atoms with Gasteiger partial charge in [-0.3, -0.25) is 0 Å². The molecule has 0 radical (unpaired) electrons. The summed E-state index contributed by atoms with van der Waals surface area (Å²) in [5.41, 5.74) is 0. The van der Waals surface area contributed by atoms with E-state index in [1.54, 1.807) is 0 Å². The summed E-state index contributed by atoms with van der Waals surface area (Å²) in [5.74, 6) is 0. The van der Waals surface area contributed by atoms with Gasteiger partial charge >= 0.3 is 0 Å². The van der Waals surface area contributed by atoms with Gasteiger partial charge in [-0.15, -0.1) is 0 Å². The Morgan fingerprint density at radius 2 is 0.700 bits per heavy atom. The molecule has 0 N–H and O–H groups in total. The lowest BCUT2D eigenvalue weighted by atomic mass is 10.0. The van der Waals surface area contributed by atoms with Crippen molar-refractivity contribution in [3.63, 3.8) is 0 Å². The molecule has 0 nitrogen and oxygen atoms in total. The third-order valence-electron chi connectivity index (χ3n) is 5.63. The molecule has 142 valence electrons.